The molecule has 1 aliphatic heterocycles. The van der Waals surface area contributed by atoms with E-state index in [1.165, 1.54) is 19.4 Å². The molecule has 8 nitrogen and oxygen atoms in total. The Balaban J connectivity index is 2.14. The van der Waals surface area contributed by atoms with Crippen LogP contribution in [0.2, 0.25) is 0 Å². The zero-order valence-corrected chi connectivity index (χ0v) is 12.6. The van der Waals surface area contributed by atoms with Crippen LogP contribution in [0.5, 0.6) is 0 Å². The van der Waals surface area contributed by atoms with Crippen molar-refractivity contribution >= 4 is 45.2 Å². The van der Waals surface area contributed by atoms with E-state index in [9.17, 15) is 14.4 Å². The third kappa shape index (κ3) is 3.63. The zero-order valence-electron chi connectivity index (χ0n) is 11.0. The standard InChI is InChI=1S/C12H11BrN4O4/c1-21-12(20)6-4-9(14-5-7(6)13)15-11(19)8-2-3-10(18)17-16-8/h4-5H,2-3H2,1H3,(H,17,18)(H,14,15,19). The topological polar surface area (TPSA) is 110 Å². The molecule has 0 saturated heterocycles. The van der Waals surface area contributed by atoms with E-state index in [0.717, 1.165) is 0 Å². The maximum Gasteiger partial charge on any atom is 0.339 e. The molecule has 1 aromatic heterocycles. The summed E-state index contributed by atoms with van der Waals surface area (Å²) >= 11 is 3.17. The van der Waals surface area contributed by atoms with Gasteiger partial charge in [0.1, 0.15) is 11.5 Å². The maximum absolute atomic E-state index is 11.9. The molecule has 1 aliphatic rings. The summed E-state index contributed by atoms with van der Waals surface area (Å²) in [5.74, 6) is -1.09. The highest BCUT2D eigenvalue weighted by Crippen LogP contribution is 2.19. The highest BCUT2D eigenvalue weighted by Gasteiger charge is 2.19. The molecular formula is C12H11BrN4O4. The number of methoxy groups -OCH3 is 1. The Hall–Kier alpha value is -2.29. The van der Waals surface area contributed by atoms with E-state index < -0.39 is 11.9 Å². The van der Waals surface area contributed by atoms with Gasteiger partial charge in [0.05, 0.1) is 17.1 Å². The van der Waals surface area contributed by atoms with Gasteiger partial charge in [0.25, 0.3) is 5.91 Å². The van der Waals surface area contributed by atoms with Gasteiger partial charge in [0, 0.05) is 19.0 Å². The fourth-order valence-corrected chi connectivity index (χ4v) is 1.98. The highest BCUT2D eigenvalue weighted by molar-refractivity contribution is 9.10. The summed E-state index contributed by atoms with van der Waals surface area (Å²) in [4.78, 5) is 38.4. The lowest BCUT2D eigenvalue weighted by molar-refractivity contribution is -0.121. The largest absolute Gasteiger partial charge is 0.465 e. The summed E-state index contributed by atoms with van der Waals surface area (Å²) in [6.07, 6.45) is 1.83. The van der Waals surface area contributed by atoms with Gasteiger partial charge in [0.15, 0.2) is 0 Å². The fraction of sp³-hybridized carbons (Fsp3) is 0.250. The summed E-state index contributed by atoms with van der Waals surface area (Å²) in [5, 5.41) is 6.19. The smallest absolute Gasteiger partial charge is 0.339 e. The van der Waals surface area contributed by atoms with Crippen LogP contribution < -0.4 is 10.7 Å². The van der Waals surface area contributed by atoms with Crippen molar-refractivity contribution in [2.45, 2.75) is 12.8 Å². The summed E-state index contributed by atoms with van der Waals surface area (Å²) in [5.41, 5.74) is 2.66. The van der Waals surface area contributed by atoms with Gasteiger partial charge in [-0.1, -0.05) is 0 Å². The van der Waals surface area contributed by atoms with Crippen LogP contribution in [0.25, 0.3) is 0 Å². The number of esters is 1. The number of halogens is 1. The normalized spacial score (nSPS) is 14.0. The van der Waals surface area contributed by atoms with Crippen molar-refractivity contribution in [1.29, 1.82) is 0 Å². The number of anilines is 1. The summed E-state index contributed by atoms with van der Waals surface area (Å²) in [6, 6.07) is 1.38. The van der Waals surface area contributed by atoms with Crippen LogP contribution in [0, 0.1) is 0 Å². The van der Waals surface area contributed by atoms with Crippen molar-refractivity contribution in [3.05, 3.63) is 22.3 Å². The third-order valence-electron chi connectivity index (χ3n) is 2.67. The molecule has 0 unspecified atom stereocenters. The molecule has 2 N–H and O–H groups in total. The van der Waals surface area contributed by atoms with Gasteiger partial charge < -0.3 is 10.1 Å². The molecule has 0 radical (unpaired) electrons. The SMILES string of the molecule is COC(=O)c1cc(NC(=O)C2=NNC(=O)CC2)ncc1Br. The number of hydrazone groups is 1. The van der Waals surface area contributed by atoms with E-state index in [0.29, 0.717) is 4.47 Å². The van der Waals surface area contributed by atoms with Crippen LogP contribution in [-0.4, -0.2) is 35.6 Å². The Morgan fingerprint density at radius 1 is 1.43 bits per heavy atom. The average Bonchev–Trinajstić information content (AvgIpc) is 2.49. The van der Waals surface area contributed by atoms with Crippen molar-refractivity contribution < 1.29 is 19.1 Å². The van der Waals surface area contributed by atoms with Crippen molar-refractivity contribution in [3.63, 3.8) is 0 Å². The number of pyridine rings is 1. The fourth-order valence-electron chi connectivity index (χ4n) is 1.60. The molecule has 2 rings (SSSR count). The molecular weight excluding hydrogens is 344 g/mol. The van der Waals surface area contributed by atoms with E-state index >= 15 is 0 Å². The minimum absolute atomic E-state index is 0.184. The molecule has 0 atom stereocenters. The van der Waals surface area contributed by atoms with E-state index in [2.05, 4.69) is 41.5 Å². The molecule has 2 heterocycles. The first kappa shape index (κ1) is 15.1. The van der Waals surface area contributed by atoms with Crippen molar-refractivity contribution in [3.8, 4) is 0 Å². The van der Waals surface area contributed by atoms with Gasteiger partial charge in [0.2, 0.25) is 5.91 Å². The first-order valence-corrected chi connectivity index (χ1v) is 6.71. The Morgan fingerprint density at radius 2 is 2.19 bits per heavy atom. The Kier molecular flexibility index (Phi) is 4.63. The Labute approximate surface area is 128 Å². The second kappa shape index (κ2) is 6.44. The van der Waals surface area contributed by atoms with E-state index in [-0.39, 0.29) is 35.8 Å². The van der Waals surface area contributed by atoms with Gasteiger partial charge in [-0.15, -0.1) is 0 Å². The lowest BCUT2D eigenvalue weighted by Crippen LogP contribution is -2.33. The number of carbonyl (C=O) groups is 3. The molecule has 0 aromatic carbocycles. The van der Waals surface area contributed by atoms with Crippen molar-refractivity contribution in [2.24, 2.45) is 5.10 Å². The summed E-state index contributed by atoms with van der Waals surface area (Å²) in [6.45, 7) is 0. The molecule has 21 heavy (non-hydrogen) atoms. The second-order valence-electron chi connectivity index (χ2n) is 4.09. The Bertz CT molecular complexity index is 644. The predicted molar refractivity (Wildman–Crippen MR) is 76.7 cm³/mol. The number of rotatable bonds is 3. The van der Waals surface area contributed by atoms with E-state index in [1.54, 1.807) is 0 Å². The number of ether oxygens (including phenoxy) is 1. The van der Waals surface area contributed by atoms with E-state index in [1.807, 2.05) is 0 Å². The summed E-state index contributed by atoms with van der Waals surface area (Å²) < 4.78 is 5.08. The number of aromatic nitrogens is 1. The van der Waals surface area contributed by atoms with Crippen LogP contribution in [-0.2, 0) is 14.3 Å². The van der Waals surface area contributed by atoms with Gasteiger partial charge in [-0.05, 0) is 22.0 Å². The molecule has 0 aliphatic carbocycles. The van der Waals surface area contributed by atoms with Gasteiger partial charge in [-0.3, -0.25) is 9.59 Å². The van der Waals surface area contributed by atoms with Crippen LogP contribution in [0.4, 0.5) is 5.82 Å². The number of hydrogen-bond donors (Lipinski definition) is 2. The number of nitrogens with one attached hydrogen (secondary N) is 2. The number of amides is 2. The van der Waals surface area contributed by atoms with E-state index in [4.69, 9.17) is 0 Å². The van der Waals surface area contributed by atoms with Crippen LogP contribution in [0.1, 0.15) is 23.2 Å². The first-order valence-electron chi connectivity index (χ1n) is 5.92. The average molecular weight is 355 g/mol. The second-order valence-corrected chi connectivity index (χ2v) is 4.94. The molecule has 0 saturated carbocycles. The van der Waals surface area contributed by atoms with Crippen molar-refractivity contribution in [1.82, 2.24) is 10.4 Å². The molecule has 1 aromatic rings. The molecule has 9 heteroatoms. The zero-order chi connectivity index (χ0) is 15.4. The quantitative estimate of drug-likeness (QED) is 0.781. The third-order valence-corrected chi connectivity index (χ3v) is 3.30. The minimum Gasteiger partial charge on any atom is -0.465 e. The van der Waals surface area contributed by atoms with Crippen molar-refractivity contribution in [2.75, 3.05) is 12.4 Å². The number of nitrogens with zero attached hydrogens (tertiary/aromatic N) is 2. The minimum atomic E-state index is -0.554. The van der Waals surface area contributed by atoms with Gasteiger partial charge in [-0.25, -0.2) is 15.2 Å². The molecule has 2 amide bonds. The molecule has 0 fully saturated rings. The van der Waals surface area contributed by atoms with Gasteiger partial charge in [-0.2, -0.15) is 5.10 Å². The molecule has 0 bridgehead atoms. The van der Waals surface area contributed by atoms with Crippen LogP contribution >= 0.6 is 15.9 Å². The number of carbonyl (C=O) groups excluding carboxylic acids is 3. The predicted octanol–water partition coefficient (Wildman–Crippen LogP) is 0.835. The number of hydrogen-bond acceptors (Lipinski definition) is 6. The lowest BCUT2D eigenvalue weighted by atomic mass is 10.1. The summed E-state index contributed by atoms with van der Waals surface area (Å²) in [7, 11) is 1.26. The lowest BCUT2D eigenvalue weighted by Gasteiger charge is -2.12. The van der Waals surface area contributed by atoms with Crippen LogP contribution in [0.3, 0.4) is 0 Å². The molecule has 110 valence electrons. The molecule has 0 spiro atoms. The monoisotopic (exact) mass is 354 g/mol. The first-order chi connectivity index (χ1) is 10.0. The van der Waals surface area contributed by atoms with Gasteiger partial charge >= 0.3 is 5.97 Å². The maximum atomic E-state index is 11.9. The highest BCUT2D eigenvalue weighted by atomic mass is 79.9. The Morgan fingerprint density at radius 3 is 2.81 bits per heavy atom. The van der Waals surface area contributed by atoms with Crippen LogP contribution in [0.15, 0.2) is 21.8 Å².